The van der Waals surface area contributed by atoms with E-state index in [1.54, 1.807) is 26.2 Å². The van der Waals surface area contributed by atoms with Crippen molar-refractivity contribution in [3.8, 4) is 11.5 Å². The van der Waals surface area contributed by atoms with Crippen LogP contribution in [-0.4, -0.2) is 64.1 Å². The molecule has 32 heavy (non-hydrogen) atoms. The Hall–Kier alpha value is -2.78. The van der Waals surface area contributed by atoms with Gasteiger partial charge in [0.2, 0.25) is 10.0 Å². The molecule has 8 nitrogen and oxygen atoms in total. The first kappa shape index (κ1) is 23.9. The van der Waals surface area contributed by atoms with Crippen LogP contribution in [0.4, 0.5) is 5.69 Å². The molecule has 1 saturated heterocycles. The van der Waals surface area contributed by atoms with E-state index in [1.807, 2.05) is 38.1 Å². The topological polar surface area (TPSA) is 88.2 Å². The Labute approximate surface area is 190 Å². The molecule has 174 valence electrons. The number of amides is 1. The van der Waals surface area contributed by atoms with Gasteiger partial charge >= 0.3 is 0 Å². The van der Waals surface area contributed by atoms with Crippen LogP contribution in [0.1, 0.15) is 20.8 Å². The molecule has 2 aromatic rings. The van der Waals surface area contributed by atoms with Crippen molar-refractivity contribution in [2.24, 2.45) is 0 Å². The molecule has 0 saturated carbocycles. The van der Waals surface area contributed by atoms with Gasteiger partial charge in [-0.25, -0.2) is 8.42 Å². The van der Waals surface area contributed by atoms with Gasteiger partial charge in [0.25, 0.3) is 5.91 Å². The Balaban J connectivity index is 1.63. The van der Waals surface area contributed by atoms with Crippen molar-refractivity contribution in [2.75, 3.05) is 38.2 Å². The van der Waals surface area contributed by atoms with Gasteiger partial charge in [-0.05, 0) is 57.2 Å². The number of piperazine rings is 1. The Morgan fingerprint density at radius 2 is 1.59 bits per heavy atom. The number of hydrogen-bond donors (Lipinski definition) is 1. The number of methoxy groups -OCH3 is 1. The number of rotatable bonds is 8. The van der Waals surface area contributed by atoms with Crippen molar-refractivity contribution in [2.45, 2.75) is 37.8 Å². The monoisotopic (exact) mass is 461 g/mol. The second-order valence-electron chi connectivity index (χ2n) is 7.96. The summed E-state index contributed by atoms with van der Waals surface area (Å²) in [5, 5.41) is 2.79. The van der Waals surface area contributed by atoms with E-state index in [2.05, 4.69) is 10.2 Å². The molecule has 3 rings (SSSR count). The van der Waals surface area contributed by atoms with E-state index in [-0.39, 0.29) is 16.8 Å². The van der Waals surface area contributed by atoms with Gasteiger partial charge < -0.3 is 19.7 Å². The summed E-state index contributed by atoms with van der Waals surface area (Å²) in [4.78, 5) is 14.3. The van der Waals surface area contributed by atoms with Gasteiger partial charge in [-0.1, -0.05) is 12.1 Å². The molecule has 1 atom stereocenters. The molecule has 9 heteroatoms. The Kier molecular flexibility index (Phi) is 7.63. The van der Waals surface area contributed by atoms with Gasteiger partial charge in [0.1, 0.15) is 11.5 Å². The van der Waals surface area contributed by atoms with Crippen molar-refractivity contribution in [3.05, 3.63) is 48.5 Å². The molecule has 0 radical (unpaired) electrons. The smallest absolute Gasteiger partial charge is 0.260 e. The molecule has 0 spiro atoms. The number of para-hydroxylation sites is 2. The van der Waals surface area contributed by atoms with Gasteiger partial charge in [0.05, 0.1) is 17.7 Å². The minimum atomic E-state index is -3.62. The Morgan fingerprint density at radius 1 is 0.969 bits per heavy atom. The fraction of sp³-hybridized carbons (Fsp3) is 0.435. The van der Waals surface area contributed by atoms with Crippen LogP contribution in [0.15, 0.2) is 53.4 Å². The van der Waals surface area contributed by atoms with Gasteiger partial charge in [-0.15, -0.1) is 0 Å². The molecule has 1 aliphatic rings. The average Bonchev–Trinajstić information content (AvgIpc) is 2.79. The third kappa shape index (κ3) is 5.52. The summed E-state index contributed by atoms with van der Waals surface area (Å²) in [5.41, 5.74) is 0.962. The Morgan fingerprint density at radius 3 is 2.19 bits per heavy atom. The average molecular weight is 462 g/mol. The lowest BCUT2D eigenvalue weighted by Crippen LogP contribution is -2.48. The molecule has 1 amide bonds. The van der Waals surface area contributed by atoms with E-state index in [0.29, 0.717) is 31.9 Å². The predicted octanol–water partition coefficient (Wildman–Crippen LogP) is 2.50. The molecule has 0 unspecified atom stereocenters. The zero-order valence-corrected chi connectivity index (χ0v) is 19.8. The van der Waals surface area contributed by atoms with Crippen molar-refractivity contribution >= 4 is 21.6 Å². The number of nitrogens with zero attached hydrogens (tertiary/aromatic N) is 2. The lowest BCUT2D eigenvalue weighted by molar-refractivity contribution is -0.127. The van der Waals surface area contributed by atoms with E-state index in [4.69, 9.17) is 9.47 Å². The largest absolute Gasteiger partial charge is 0.495 e. The standard InChI is InChI=1S/C23H31N3O5S/c1-17(2)24-23(27)18(3)31-19-9-11-20(12-10-19)32(28,29)26-15-13-25(14-16-26)21-7-5-6-8-22(21)30-4/h5-12,17-18H,13-16H2,1-4H3,(H,24,27)/t18-/m0/s1. The first-order valence-corrected chi connectivity index (χ1v) is 12.1. The molecular formula is C23H31N3O5S. The normalized spacial score (nSPS) is 16.0. The Bertz CT molecular complexity index is 1020. The van der Waals surface area contributed by atoms with E-state index >= 15 is 0 Å². The SMILES string of the molecule is COc1ccccc1N1CCN(S(=O)(=O)c2ccc(O[C@@H](C)C(=O)NC(C)C)cc2)CC1. The van der Waals surface area contributed by atoms with Crippen molar-refractivity contribution < 1.29 is 22.7 Å². The van der Waals surface area contributed by atoms with E-state index in [1.165, 1.54) is 16.4 Å². The molecule has 1 heterocycles. The maximum atomic E-state index is 13.1. The summed E-state index contributed by atoms with van der Waals surface area (Å²) in [6.07, 6.45) is -0.678. The molecule has 0 aliphatic carbocycles. The second-order valence-corrected chi connectivity index (χ2v) is 9.90. The maximum absolute atomic E-state index is 13.1. The number of carbonyl (C=O) groups is 1. The summed E-state index contributed by atoms with van der Waals surface area (Å²) in [5.74, 6) is 0.997. The number of benzene rings is 2. The highest BCUT2D eigenvalue weighted by molar-refractivity contribution is 7.89. The second kappa shape index (κ2) is 10.2. The molecule has 0 aromatic heterocycles. The highest BCUT2D eigenvalue weighted by Gasteiger charge is 2.29. The van der Waals surface area contributed by atoms with E-state index in [0.717, 1.165) is 11.4 Å². The van der Waals surface area contributed by atoms with Crippen LogP contribution in [0, 0.1) is 0 Å². The molecule has 1 fully saturated rings. The highest BCUT2D eigenvalue weighted by Crippen LogP contribution is 2.29. The van der Waals surface area contributed by atoms with Gasteiger partial charge in [0.15, 0.2) is 6.10 Å². The van der Waals surface area contributed by atoms with Crippen molar-refractivity contribution in [1.29, 1.82) is 0 Å². The van der Waals surface area contributed by atoms with Crippen LogP contribution < -0.4 is 19.7 Å². The maximum Gasteiger partial charge on any atom is 0.260 e. The van der Waals surface area contributed by atoms with E-state index < -0.39 is 16.1 Å². The van der Waals surface area contributed by atoms with Crippen LogP contribution in [0.5, 0.6) is 11.5 Å². The van der Waals surface area contributed by atoms with Crippen molar-refractivity contribution in [1.82, 2.24) is 9.62 Å². The lowest BCUT2D eigenvalue weighted by Gasteiger charge is -2.35. The van der Waals surface area contributed by atoms with Crippen LogP contribution >= 0.6 is 0 Å². The summed E-state index contributed by atoms with van der Waals surface area (Å²) >= 11 is 0. The third-order valence-electron chi connectivity index (χ3n) is 5.24. The lowest BCUT2D eigenvalue weighted by atomic mass is 10.2. The van der Waals surface area contributed by atoms with Crippen molar-refractivity contribution in [3.63, 3.8) is 0 Å². The molecular weight excluding hydrogens is 430 g/mol. The van der Waals surface area contributed by atoms with Gasteiger partial charge in [-0.3, -0.25) is 4.79 Å². The van der Waals surface area contributed by atoms with Crippen LogP contribution in [0.25, 0.3) is 0 Å². The molecule has 2 aromatic carbocycles. The summed E-state index contributed by atoms with van der Waals surface area (Å²) in [6.45, 7) is 7.31. The van der Waals surface area contributed by atoms with Crippen LogP contribution in [0.3, 0.4) is 0 Å². The third-order valence-corrected chi connectivity index (χ3v) is 7.15. The number of ether oxygens (including phenoxy) is 2. The quantitative estimate of drug-likeness (QED) is 0.650. The van der Waals surface area contributed by atoms with Crippen LogP contribution in [0.2, 0.25) is 0 Å². The number of nitrogens with one attached hydrogen (secondary N) is 1. The molecule has 0 bridgehead atoms. The van der Waals surface area contributed by atoms with Gasteiger partial charge in [-0.2, -0.15) is 4.31 Å². The molecule has 1 aliphatic heterocycles. The number of anilines is 1. The van der Waals surface area contributed by atoms with E-state index in [9.17, 15) is 13.2 Å². The summed E-state index contributed by atoms with van der Waals surface area (Å²) in [7, 11) is -1.99. The fourth-order valence-electron chi connectivity index (χ4n) is 3.56. The summed E-state index contributed by atoms with van der Waals surface area (Å²) < 4.78 is 38.7. The molecule has 1 N–H and O–H groups in total. The number of carbonyl (C=O) groups excluding carboxylic acids is 1. The minimum absolute atomic E-state index is 0.0181. The van der Waals surface area contributed by atoms with Gasteiger partial charge in [0, 0.05) is 32.2 Å². The zero-order chi connectivity index (χ0) is 23.3. The van der Waals surface area contributed by atoms with Crippen LogP contribution in [-0.2, 0) is 14.8 Å². The fourth-order valence-corrected chi connectivity index (χ4v) is 4.98. The number of hydrogen-bond acceptors (Lipinski definition) is 6. The first-order chi connectivity index (χ1) is 15.2. The minimum Gasteiger partial charge on any atom is -0.495 e. The number of sulfonamides is 1. The summed E-state index contributed by atoms with van der Waals surface area (Å²) in [6, 6.07) is 13.9. The zero-order valence-electron chi connectivity index (χ0n) is 18.9. The first-order valence-electron chi connectivity index (χ1n) is 10.7. The predicted molar refractivity (Wildman–Crippen MR) is 124 cm³/mol. The highest BCUT2D eigenvalue weighted by atomic mass is 32.2.